The molecule has 1 N–H and O–H groups in total. The molecule has 4 aromatic heterocycles. The van der Waals surface area contributed by atoms with Crippen molar-refractivity contribution < 1.29 is 19.4 Å². The zero-order valence-electron chi connectivity index (χ0n) is 35.0. The highest BCUT2D eigenvalue weighted by molar-refractivity contribution is 7.20. The summed E-state index contributed by atoms with van der Waals surface area (Å²) >= 11 is 3.40. The highest BCUT2D eigenvalue weighted by Gasteiger charge is 2.30. The molecule has 0 aliphatic heterocycles. The van der Waals surface area contributed by atoms with Crippen LogP contribution < -0.4 is 4.74 Å². The normalized spacial score (nSPS) is 14.7. The number of nitrogens with zero attached hydrogens (tertiary/aromatic N) is 2. The molecule has 302 valence electrons. The number of aromatic nitrogens is 2. The summed E-state index contributed by atoms with van der Waals surface area (Å²) in [7, 11) is 0. The largest absolute Gasteiger partial charge is 0.481 e. The summed E-state index contributed by atoms with van der Waals surface area (Å²) in [6.45, 7) is 14.4. The molecule has 8 rings (SSSR count). The molecule has 59 heavy (non-hydrogen) atoms. The lowest BCUT2D eigenvalue weighted by Gasteiger charge is -2.21. The number of ether oxygens (including phenoxy) is 1. The van der Waals surface area contributed by atoms with Gasteiger partial charge < -0.3 is 9.84 Å². The highest BCUT2D eigenvalue weighted by Crippen LogP contribution is 2.48. The maximum Gasteiger partial charge on any atom is 0.311 e. The van der Waals surface area contributed by atoms with Gasteiger partial charge in [-0.3, -0.25) is 9.59 Å². The van der Waals surface area contributed by atoms with Crippen molar-refractivity contribution in [2.75, 3.05) is 0 Å². The average Bonchev–Trinajstić information content (AvgIpc) is 3.56. The van der Waals surface area contributed by atoms with E-state index in [0.29, 0.717) is 18.6 Å². The zero-order chi connectivity index (χ0) is 41.8. The van der Waals surface area contributed by atoms with E-state index in [4.69, 9.17) is 14.7 Å². The van der Waals surface area contributed by atoms with Gasteiger partial charge in [0.1, 0.15) is 9.66 Å². The number of allylic oxidation sites excluding steroid dienone is 6. The number of carboxylic acid groups (broad SMARTS) is 1. The van der Waals surface area contributed by atoms with Gasteiger partial charge in [0.05, 0.1) is 11.6 Å². The summed E-state index contributed by atoms with van der Waals surface area (Å²) in [6.07, 6.45) is 21.4. The molecule has 6 aromatic rings. The molecular formula is C51H52N2O4S2. The summed E-state index contributed by atoms with van der Waals surface area (Å²) in [5.74, 6) is -0.673. The Kier molecular flexibility index (Phi) is 12.9. The quantitative estimate of drug-likeness (QED) is 0.138. The van der Waals surface area contributed by atoms with Gasteiger partial charge >= 0.3 is 11.9 Å². The predicted octanol–water partition coefficient (Wildman–Crippen LogP) is 14.0. The van der Waals surface area contributed by atoms with Gasteiger partial charge in [-0.15, -0.1) is 22.7 Å². The van der Waals surface area contributed by atoms with E-state index < -0.39 is 11.9 Å². The third-order valence-corrected chi connectivity index (χ3v) is 13.3. The summed E-state index contributed by atoms with van der Waals surface area (Å²) in [5.41, 5.74) is 11.5. The lowest BCUT2D eigenvalue weighted by molar-refractivity contribution is -0.139. The van der Waals surface area contributed by atoms with Gasteiger partial charge in [-0.1, -0.05) is 130 Å². The van der Waals surface area contributed by atoms with Crippen molar-refractivity contribution in [1.82, 2.24) is 9.97 Å². The van der Waals surface area contributed by atoms with E-state index in [2.05, 4.69) is 125 Å². The Hall–Kier alpha value is -5.44. The molecule has 0 saturated heterocycles. The number of aliphatic carboxylic acids is 1. The van der Waals surface area contributed by atoms with E-state index in [1.165, 1.54) is 32.0 Å². The Bertz CT molecular complexity index is 2660. The van der Waals surface area contributed by atoms with Crippen molar-refractivity contribution in [2.45, 2.75) is 98.8 Å². The van der Waals surface area contributed by atoms with Crippen LogP contribution >= 0.6 is 22.7 Å². The summed E-state index contributed by atoms with van der Waals surface area (Å²) in [4.78, 5) is 39.0. The number of hydrogen-bond donors (Lipinski definition) is 1. The van der Waals surface area contributed by atoms with E-state index in [-0.39, 0.29) is 11.9 Å². The van der Waals surface area contributed by atoms with Gasteiger partial charge in [0.15, 0.2) is 5.75 Å². The Morgan fingerprint density at radius 2 is 1.39 bits per heavy atom. The van der Waals surface area contributed by atoms with Crippen LogP contribution in [-0.2, 0) is 16.0 Å². The van der Waals surface area contributed by atoms with E-state index in [1.54, 1.807) is 22.7 Å². The fraction of sp³-hybridized carbons (Fsp3) is 0.294. The van der Waals surface area contributed by atoms with Gasteiger partial charge in [-0.05, 0) is 92.5 Å². The average molecular weight is 821 g/mol. The number of thiophene rings is 2. The second-order valence-corrected chi connectivity index (χ2v) is 17.6. The van der Waals surface area contributed by atoms with Crippen LogP contribution in [0.2, 0.25) is 0 Å². The lowest BCUT2D eigenvalue weighted by Crippen LogP contribution is -2.15. The first-order valence-corrected chi connectivity index (χ1v) is 22.3. The Morgan fingerprint density at radius 3 is 2.05 bits per heavy atom. The van der Waals surface area contributed by atoms with E-state index in [0.717, 1.165) is 85.3 Å². The van der Waals surface area contributed by atoms with Gasteiger partial charge in [0.2, 0.25) is 0 Å². The molecule has 0 amide bonds. The van der Waals surface area contributed by atoms with Crippen LogP contribution in [-0.4, -0.2) is 27.0 Å². The zero-order valence-corrected chi connectivity index (χ0v) is 36.7. The molecule has 2 aromatic carbocycles. The Labute approximate surface area is 355 Å². The third kappa shape index (κ3) is 8.66. The number of pyridine rings is 2. The molecule has 2 unspecified atom stereocenters. The highest BCUT2D eigenvalue weighted by atomic mass is 32.1. The molecule has 0 spiro atoms. The molecule has 8 heteroatoms. The van der Waals surface area contributed by atoms with E-state index in [9.17, 15) is 14.7 Å². The van der Waals surface area contributed by atoms with Crippen molar-refractivity contribution in [3.05, 3.63) is 134 Å². The minimum atomic E-state index is -0.773. The first-order valence-electron chi connectivity index (χ1n) is 20.7. The monoisotopic (exact) mass is 820 g/mol. The maximum absolute atomic E-state index is 12.6. The second-order valence-electron chi connectivity index (χ2n) is 15.6. The smallest absolute Gasteiger partial charge is 0.311 e. The van der Waals surface area contributed by atoms with Crippen LogP contribution in [0.4, 0.5) is 0 Å². The number of fused-ring (bicyclic) bond motifs is 6. The molecule has 4 heterocycles. The maximum atomic E-state index is 12.6. The predicted molar refractivity (Wildman–Crippen MR) is 248 cm³/mol. The Morgan fingerprint density at radius 1 is 0.780 bits per heavy atom. The van der Waals surface area contributed by atoms with Crippen LogP contribution in [0.1, 0.15) is 114 Å². The minimum absolute atomic E-state index is 0.191. The van der Waals surface area contributed by atoms with Gasteiger partial charge in [0, 0.05) is 44.1 Å². The number of esters is 1. The molecule has 2 atom stereocenters. The molecule has 2 aliphatic rings. The van der Waals surface area contributed by atoms with Gasteiger partial charge in [-0.25, -0.2) is 9.97 Å². The standard InChI is InChI=1S/C26H27NO2S.C25H25NO2S/c1-5-6-11-21(28)29-25-18(4)27-26-24(23(25)19-14-12-16(2)13-15-19)22-17(3)9-7-8-10-20(22)30-26;1-4-8-19(25(27)28)21-16(3)26-24-23(18-9-6-5-7-10-20(18)29-24)22(21)17-13-11-15(2)12-14-17/h7-10,12-15,17H,5-6,11H2,1-4H3;5-7,10-14,19H,4,8-9H2,1-3H3,(H,27,28). The van der Waals surface area contributed by atoms with Crippen molar-refractivity contribution in [3.63, 3.8) is 0 Å². The second kappa shape index (κ2) is 18.2. The lowest BCUT2D eigenvalue weighted by atomic mass is 9.84. The van der Waals surface area contributed by atoms with Gasteiger partial charge in [-0.2, -0.15) is 0 Å². The molecule has 6 nitrogen and oxygen atoms in total. The molecule has 0 fully saturated rings. The number of unbranched alkanes of at least 4 members (excludes halogenated alkanes) is 1. The van der Waals surface area contributed by atoms with E-state index in [1.807, 2.05) is 20.8 Å². The van der Waals surface area contributed by atoms with E-state index >= 15 is 0 Å². The number of aryl methyl sites for hydroxylation is 4. The molecule has 0 radical (unpaired) electrons. The number of carboxylic acids is 1. The number of benzene rings is 2. The molecule has 2 aliphatic carbocycles. The minimum Gasteiger partial charge on any atom is -0.481 e. The van der Waals surface area contributed by atoms with Crippen LogP contribution in [0.3, 0.4) is 0 Å². The fourth-order valence-corrected chi connectivity index (χ4v) is 10.5. The summed E-state index contributed by atoms with van der Waals surface area (Å²) in [6, 6.07) is 16.9. The van der Waals surface area contributed by atoms with Crippen LogP contribution in [0.15, 0.2) is 85.0 Å². The third-order valence-electron chi connectivity index (χ3n) is 11.1. The van der Waals surface area contributed by atoms with Gasteiger partial charge in [0.25, 0.3) is 0 Å². The van der Waals surface area contributed by atoms with Crippen molar-refractivity contribution >= 4 is 67.2 Å². The van der Waals surface area contributed by atoms with Crippen LogP contribution in [0.5, 0.6) is 5.75 Å². The van der Waals surface area contributed by atoms with Crippen molar-refractivity contribution in [1.29, 1.82) is 0 Å². The first kappa shape index (κ1) is 41.7. The fourth-order valence-electron chi connectivity index (χ4n) is 8.12. The number of hydrogen-bond acceptors (Lipinski definition) is 7. The van der Waals surface area contributed by atoms with Crippen LogP contribution in [0, 0.1) is 27.7 Å². The summed E-state index contributed by atoms with van der Waals surface area (Å²) < 4.78 is 5.97. The van der Waals surface area contributed by atoms with Crippen molar-refractivity contribution in [3.8, 4) is 28.0 Å². The SMILES string of the molecule is CCCC(C(=O)O)c1c(C)nc2sc3c(c2c1-c1ccc(C)cc1)CC=CC=C3.CCCCC(=O)Oc1c(C)nc2sc3c(c2c1-c1ccc(C)cc1)C(C)C=CC=C3. The molecule has 0 saturated carbocycles. The molecular weight excluding hydrogens is 769 g/mol. The van der Waals surface area contributed by atoms with Crippen LogP contribution in [0.25, 0.3) is 54.8 Å². The Balaban J connectivity index is 0.000000179. The summed E-state index contributed by atoms with van der Waals surface area (Å²) in [5, 5.41) is 12.3. The molecule has 0 bridgehead atoms. The number of rotatable bonds is 10. The first-order chi connectivity index (χ1) is 28.5. The number of carbonyl (C=O) groups is 2. The topological polar surface area (TPSA) is 89.4 Å². The van der Waals surface area contributed by atoms with Crippen molar-refractivity contribution in [2.24, 2.45) is 0 Å². The number of carbonyl (C=O) groups excluding carboxylic acids is 1.